The number of rotatable bonds is 9. The molecule has 9 nitrogen and oxygen atoms in total. The third kappa shape index (κ3) is 5.56. The first-order chi connectivity index (χ1) is 17.0. The van der Waals surface area contributed by atoms with Gasteiger partial charge in [-0.1, -0.05) is 42.0 Å². The molecule has 0 fully saturated rings. The summed E-state index contributed by atoms with van der Waals surface area (Å²) in [6.45, 7) is 0.786. The van der Waals surface area contributed by atoms with Crippen LogP contribution >= 0.6 is 0 Å². The lowest BCUT2D eigenvalue weighted by molar-refractivity contribution is 0.0598. The minimum absolute atomic E-state index is 0.0615. The molecule has 1 aliphatic rings. The number of nitrogens with one attached hydrogen (secondary N) is 1. The van der Waals surface area contributed by atoms with Gasteiger partial charge in [0.15, 0.2) is 0 Å². The van der Waals surface area contributed by atoms with Crippen LogP contribution in [0.15, 0.2) is 68.3 Å². The molecule has 0 saturated carbocycles. The molecule has 0 radical (unpaired) electrons. The molecule has 0 atom stereocenters. The lowest BCUT2D eigenvalue weighted by Crippen LogP contribution is -2.39. The zero-order valence-corrected chi connectivity index (χ0v) is 19.8. The summed E-state index contributed by atoms with van der Waals surface area (Å²) in [4.78, 5) is 42.1. The lowest BCUT2D eigenvalue weighted by Gasteiger charge is -2.27. The first kappa shape index (κ1) is 24.1. The SMILES string of the molecule is COC(=O)c1ccoc1CN(CCC1=CCCCC1)c1c(N)n(Cc2ccccc2)c(=O)[nH]c1=O. The van der Waals surface area contributed by atoms with Gasteiger partial charge in [-0.05, 0) is 43.7 Å². The van der Waals surface area contributed by atoms with Crippen LogP contribution in [0.25, 0.3) is 0 Å². The second-order valence-electron chi connectivity index (χ2n) is 8.59. The second-order valence-corrected chi connectivity index (χ2v) is 8.59. The van der Waals surface area contributed by atoms with Crippen LogP contribution in [-0.2, 0) is 17.8 Å². The highest BCUT2D eigenvalue weighted by Gasteiger charge is 2.24. The molecule has 0 amide bonds. The maximum absolute atomic E-state index is 13.0. The standard InChI is InChI=1S/C26H30N4O5/c1-34-25(32)20-13-15-35-21(20)17-29(14-12-18-8-4-2-5-9-18)22-23(27)30(26(33)28-24(22)31)16-19-10-6-3-7-11-19/h3,6-8,10-11,13,15H,2,4-5,9,12,14,16-17,27H2,1H3,(H,28,31,33). The largest absolute Gasteiger partial charge is 0.467 e. The van der Waals surface area contributed by atoms with Crippen LogP contribution in [0.5, 0.6) is 0 Å². The van der Waals surface area contributed by atoms with E-state index in [2.05, 4.69) is 11.1 Å². The van der Waals surface area contributed by atoms with Gasteiger partial charge in [0.25, 0.3) is 5.56 Å². The molecule has 0 spiro atoms. The number of nitrogens with two attached hydrogens (primary N) is 1. The first-order valence-electron chi connectivity index (χ1n) is 11.7. The van der Waals surface area contributed by atoms with Crippen molar-refractivity contribution >= 4 is 17.5 Å². The van der Waals surface area contributed by atoms with Crippen LogP contribution in [0.2, 0.25) is 0 Å². The summed E-state index contributed by atoms with van der Waals surface area (Å²) in [7, 11) is 1.30. The minimum Gasteiger partial charge on any atom is -0.467 e. The van der Waals surface area contributed by atoms with Crippen molar-refractivity contribution in [1.29, 1.82) is 0 Å². The van der Waals surface area contributed by atoms with Gasteiger partial charge in [0.1, 0.15) is 22.8 Å². The third-order valence-electron chi connectivity index (χ3n) is 6.29. The Bertz CT molecular complexity index is 1320. The van der Waals surface area contributed by atoms with E-state index in [1.165, 1.54) is 36.0 Å². The fourth-order valence-electron chi connectivity index (χ4n) is 4.41. The molecule has 1 aliphatic carbocycles. The Kier molecular flexibility index (Phi) is 7.54. The molecular formula is C26H30N4O5. The number of anilines is 2. The number of aromatic nitrogens is 2. The van der Waals surface area contributed by atoms with Gasteiger partial charge in [-0.2, -0.15) is 0 Å². The summed E-state index contributed by atoms with van der Waals surface area (Å²) in [6, 6.07) is 10.9. The fraction of sp³-hybridized carbons (Fsp3) is 0.346. The Labute approximate surface area is 202 Å². The molecule has 2 heterocycles. The van der Waals surface area contributed by atoms with Crippen molar-refractivity contribution in [2.24, 2.45) is 0 Å². The Morgan fingerprint density at radius 2 is 2.00 bits per heavy atom. The molecule has 0 saturated heterocycles. The summed E-state index contributed by atoms with van der Waals surface area (Å²) in [5.74, 6) is -0.111. The Morgan fingerprint density at radius 1 is 1.20 bits per heavy atom. The van der Waals surface area contributed by atoms with E-state index in [0.29, 0.717) is 12.3 Å². The van der Waals surface area contributed by atoms with Crippen molar-refractivity contribution in [3.63, 3.8) is 0 Å². The molecule has 9 heteroatoms. The van der Waals surface area contributed by atoms with Crippen LogP contribution < -0.4 is 21.9 Å². The number of allylic oxidation sites excluding steroid dienone is 1. The smallest absolute Gasteiger partial charge is 0.341 e. The van der Waals surface area contributed by atoms with Gasteiger partial charge in [0, 0.05) is 6.54 Å². The number of methoxy groups -OCH3 is 1. The predicted molar refractivity (Wildman–Crippen MR) is 134 cm³/mol. The van der Waals surface area contributed by atoms with Crippen molar-refractivity contribution in [2.75, 3.05) is 24.3 Å². The fourth-order valence-corrected chi connectivity index (χ4v) is 4.41. The number of benzene rings is 1. The molecule has 1 aromatic carbocycles. The average Bonchev–Trinajstić information content (AvgIpc) is 3.34. The van der Waals surface area contributed by atoms with Crippen LogP contribution in [0, 0.1) is 0 Å². The average molecular weight is 479 g/mol. The van der Waals surface area contributed by atoms with Crippen molar-refractivity contribution < 1.29 is 13.9 Å². The summed E-state index contributed by atoms with van der Waals surface area (Å²) < 4.78 is 11.8. The van der Waals surface area contributed by atoms with Gasteiger partial charge in [0.05, 0.1) is 26.5 Å². The van der Waals surface area contributed by atoms with Gasteiger partial charge < -0.3 is 19.8 Å². The van der Waals surface area contributed by atoms with Gasteiger partial charge in [0.2, 0.25) is 0 Å². The molecule has 184 valence electrons. The molecule has 0 unspecified atom stereocenters. The van der Waals surface area contributed by atoms with E-state index in [0.717, 1.165) is 31.2 Å². The van der Waals surface area contributed by atoms with Crippen molar-refractivity contribution in [2.45, 2.75) is 45.2 Å². The Balaban J connectivity index is 1.73. The van der Waals surface area contributed by atoms with Gasteiger partial charge in [-0.15, -0.1) is 0 Å². The number of nitrogens with zero attached hydrogens (tertiary/aromatic N) is 2. The van der Waals surface area contributed by atoms with E-state index >= 15 is 0 Å². The van der Waals surface area contributed by atoms with E-state index in [1.54, 1.807) is 4.90 Å². The number of hydrogen-bond acceptors (Lipinski definition) is 7. The number of carbonyl (C=O) groups is 1. The number of esters is 1. The number of carbonyl (C=O) groups excluding carboxylic acids is 1. The summed E-state index contributed by atoms with van der Waals surface area (Å²) in [5.41, 5.74) is 7.94. The first-order valence-corrected chi connectivity index (χ1v) is 11.7. The van der Waals surface area contributed by atoms with Crippen molar-refractivity contribution in [3.8, 4) is 0 Å². The van der Waals surface area contributed by atoms with E-state index in [9.17, 15) is 14.4 Å². The lowest BCUT2D eigenvalue weighted by atomic mass is 9.97. The molecule has 3 N–H and O–H groups in total. The van der Waals surface area contributed by atoms with Crippen LogP contribution in [0.1, 0.15) is 53.8 Å². The van der Waals surface area contributed by atoms with Crippen LogP contribution in [-0.4, -0.2) is 29.2 Å². The van der Waals surface area contributed by atoms with E-state index < -0.39 is 17.2 Å². The van der Waals surface area contributed by atoms with E-state index in [-0.39, 0.29) is 30.2 Å². The quantitative estimate of drug-likeness (QED) is 0.357. The Morgan fingerprint density at radius 3 is 2.71 bits per heavy atom. The zero-order valence-electron chi connectivity index (χ0n) is 19.8. The molecule has 35 heavy (non-hydrogen) atoms. The summed E-state index contributed by atoms with van der Waals surface area (Å²) >= 11 is 0. The minimum atomic E-state index is -0.583. The highest BCUT2D eigenvalue weighted by molar-refractivity contribution is 5.90. The van der Waals surface area contributed by atoms with Gasteiger partial charge >= 0.3 is 11.7 Å². The molecule has 2 aromatic heterocycles. The number of ether oxygens (including phenoxy) is 1. The maximum atomic E-state index is 13.0. The van der Waals surface area contributed by atoms with Gasteiger partial charge in [-0.3, -0.25) is 14.3 Å². The van der Waals surface area contributed by atoms with Crippen molar-refractivity contribution in [3.05, 3.63) is 92.0 Å². The van der Waals surface area contributed by atoms with E-state index in [4.69, 9.17) is 14.9 Å². The number of aromatic amines is 1. The summed E-state index contributed by atoms with van der Waals surface area (Å²) in [5, 5.41) is 0. The highest BCUT2D eigenvalue weighted by atomic mass is 16.5. The molecule has 0 aliphatic heterocycles. The van der Waals surface area contributed by atoms with Crippen molar-refractivity contribution in [1.82, 2.24) is 9.55 Å². The topological polar surface area (TPSA) is 124 Å². The van der Waals surface area contributed by atoms with Gasteiger partial charge in [-0.25, -0.2) is 9.59 Å². The number of furan rings is 1. The maximum Gasteiger partial charge on any atom is 0.341 e. The predicted octanol–water partition coefficient (Wildman–Crippen LogP) is 3.44. The van der Waals surface area contributed by atoms with E-state index in [1.807, 2.05) is 30.3 Å². The molecule has 0 bridgehead atoms. The number of H-pyrrole nitrogens is 1. The number of nitrogen functional groups attached to an aromatic ring is 1. The molecule has 4 rings (SSSR count). The molecule has 3 aromatic rings. The van der Waals surface area contributed by atoms with Crippen LogP contribution in [0.3, 0.4) is 0 Å². The van der Waals surface area contributed by atoms with Crippen LogP contribution in [0.4, 0.5) is 11.5 Å². The normalized spacial score (nSPS) is 13.3. The molecular weight excluding hydrogens is 448 g/mol. The summed E-state index contributed by atoms with van der Waals surface area (Å²) in [6.07, 6.45) is 8.77. The second kappa shape index (κ2) is 10.9. The monoisotopic (exact) mass is 478 g/mol. The highest BCUT2D eigenvalue weighted by Crippen LogP contribution is 2.26. The number of hydrogen-bond donors (Lipinski definition) is 2. The zero-order chi connectivity index (χ0) is 24.8. The third-order valence-corrected chi connectivity index (χ3v) is 6.29. The Hall–Kier alpha value is -4.01.